The number of ether oxygens (including phenoxy) is 1. The fourth-order valence-corrected chi connectivity index (χ4v) is 2.88. The van der Waals surface area contributed by atoms with E-state index in [1.165, 1.54) is 29.3 Å². The Morgan fingerprint density at radius 1 is 1.27 bits per heavy atom. The maximum Gasteiger partial charge on any atom is 1.00 e. The van der Waals surface area contributed by atoms with Crippen molar-refractivity contribution in [2.24, 2.45) is 5.73 Å². The van der Waals surface area contributed by atoms with Gasteiger partial charge < -0.3 is 10.5 Å². The molecule has 2 aromatic rings. The van der Waals surface area contributed by atoms with Gasteiger partial charge in [0.2, 0.25) is 0 Å². The Morgan fingerprint density at radius 2 is 2.14 bits per heavy atom. The SMILES string of the molecule is NCCCCc1ccc2c(cnn2C2CCCCO2)c1.[AlH4-].[Li+]. The van der Waals surface area contributed by atoms with Crippen molar-refractivity contribution in [1.82, 2.24) is 9.78 Å². The minimum atomic E-state index is 0. The van der Waals surface area contributed by atoms with Gasteiger partial charge in [-0.2, -0.15) is 5.10 Å². The zero-order chi connectivity index (χ0) is 13.8. The van der Waals surface area contributed by atoms with Crippen LogP contribution in [0.3, 0.4) is 0 Å². The van der Waals surface area contributed by atoms with Gasteiger partial charge in [-0.25, -0.2) is 4.68 Å². The van der Waals surface area contributed by atoms with Crippen LogP contribution in [0.2, 0.25) is 0 Å². The molecule has 1 aromatic heterocycles. The molecule has 2 N–H and O–H groups in total. The Labute approximate surface area is 155 Å². The summed E-state index contributed by atoms with van der Waals surface area (Å²) in [5.74, 6) is 0. The topological polar surface area (TPSA) is 53.1 Å². The van der Waals surface area contributed by atoms with Gasteiger partial charge in [0.1, 0.15) is 0 Å². The molecule has 116 valence electrons. The number of aryl methyl sites for hydroxylation is 1. The van der Waals surface area contributed by atoms with Crippen LogP contribution >= 0.6 is 0 Å². The van der Waals surface area contributed by atoms with Crippen molar-refractivity contribution in [1.29, 1.82) is 0 Å². The molecule has 0 amide bonds. The Bertz CT molecular complexity index is 570. The fraction of sp³-hybridized carbons (Fsp3) is 0.562. The summed E-state index contributed by atoms with van der Waals surface area (Å²) < 4.78 is 7.87. The molecule has 1 fully saturated rings. The second-order valence-corrected chi connectivity index (χ2v) is 5.55. The van der Waals surface area contributed by atoms with Crippen molar-refractivity contribution in [2.45, 2.75) is 44.8 Å². The van der Waals surface area contributed by atoms with Crippen molar-refractivity contribution in [2.75, 3.05) is 13.2 Å². The third-order valence-corrected chi connectivity index (χ3v) is 4.01. The predicted molar refractivity (Wildman–Crippen MR) is 91.9 cm³/mol. The molecule has 1 aliphatic heterocycles. The van der Waals surface area contributed by atoms with E-state index in [1.807, 2.05) is 10.9 Å². The van der Waals surface area contributed by atoms with Gasteiger partial charge in [0.15, 0.2) is 6.23 Å². The Kier molecular flexibility index (Phi) is 8.80. The molecule has 0 radical (unpaired) electrons. The minimum Gasteiger partial charge on any atom is -0.356 e. The maximum atomic E-state index is 5.83. The molecule has 3 rings (SSSR count). The first-order valence-electron chi connectivity index (χ1n) is 7.66. The largest absolute Gasteiger partial charge is 1.00 e. The van der Waals surface area contributed by atoms with Crippen LogP contribution in [-0.2, 0) is 11.2 Å². The molecule has 22 heavy (non-hydrogen) atoms. The number of nitrogens with two attached hydrogens (primary N) is 1. The van der Waals surface area contributed by atoms with Crippen LogP contribution in [-0.4, -0.2) is 40.3 Å². The monoisotopic (exact) mass is 311 g/mol. The third kappa shape index (κ3) is 4.62. The summed E-state index contributed by atoms with van der Waals surface area (Å²) in [5, 5.41) is 5.74. The first-order valence-corrected chi connectivity index (χ1v) is 7.66. The maximum absolute atomic E-state index is 5.83. The average Bonchev–Trinajstić information content (AvgIpc) is 2.91. The second-order valence-electron chi connectivity index (χ2n) is 5.55. The van der Waals surface area contributed by atoms with Crippen molar-refractivity contribution < 1.29 is 23.6 Å². The Morgan fingerprint density at radius 3 is 2.86 bits per heavy atom. The molecule has 1 saturated heterocycles. The summed E-state index contributed by atoms with van der Waals surface area (Å²) in [6, 6.07) is 6.64. The summed E-state index contributed by atoms with van der Waals surface area (Å²) in [6.45, 7) is 1.63. The van der Waals surface area contributed by atoms with Crippen LogP contribution < -0.4 is 24.6 Å². The zero-order valence-electron chi connectivity index (χ0n) is 12.9. The molecular weight excluding hydrogens is 284 g/mol. The smallest absolute Gasteiger partial charge is 0.356 e. The summed E-state index contributed by atoms with van der Waals surface area (Å²) in [5.41, 5.74) is 8.09. The van der Waals surface area contributed by atoms with Gasteiger partial charge >= 0.3 is 18.9 Å². The quantitative estimate of drug-likeness (QED) is 0.544. The number of aromatic nitrogens is 2. The molecule has 6 heteroatoms. The first-order chi connectivity index (χ1) is 9.88. The minimum absolute atomic E-state index is 0. The Hall–Kier alpha value is -0.260. The number of rotatable bonds is 5. The Balaban J connectivity index is 0.00000121. The van der Waals surface area contributed by atoms with Crippen LogP contribution in [0.4, 0.5) is 0 Å². The predicted octanol–water partition coefficient (Wildman–Crippen LogP) is -1.43. The normalized spacial score (nSPS) is 17.8. The first kappa shape index (κ1) is 19.8. The number of fused-ring (bicyclic) bond motifs is 1. The number of hydrogen-bond donors (Lipinski definition) is 1. The van der Waals surface area contributed by atoms with Crippen LogP contribution in [0.1, 0.15) is 43.9 Å². The molecular formula is C16H27AlLiN3O. The van der Waals surface area contributed by atoms with Crippen LogP contribution in [0.15, 0.2) is 24.4 Å². The van der Waals surface area contributed by atoms with E-state index in [0.29, 0.717) is 0 Å². The number of unbranched alkanes of at least 4 members (excludes halogenated alkanes) is 1. The second kappa shape index (κ2) is 9.78. The summed E-state index contributed by atoms with van der Waals surface area (Å²) in [7, 11) is 0. The van der Waals surface area contributed by atoms with Crippen LogP contribution in [0.25, 0.3) is 10.9 Å². The molecule has 1 atom stereocenters. The van der Waals surface area contributed by atoms with Crippen molar-refractivity contribution in [3.05, 3.63) is 30.0 Å². The van der Waals surface area contributed by atoms with Crippen LogP contribution in [0, 0.1) is 0 Å². The average molecular weight is 311 g/mol. The van der Waals surface area contributed by atoms with E-state index < -0.39 is 0 Å². The molecule has 1 unspecified atom stereocenters. The molecule has 1 aromatic carbocycles. The zero-order valence-corrected chi connectivity index (χ0v) is 12.9. The van der Waals surface area contributed by atoms with Gasteiger partial charge in [0.25, 0.3) is 0 Å². The van der Waals surface area contributed by atoms with Crippen molar-refractivity contribution in [3.63, 3.8) is 0 Å². The van der Waals surface area contributed by atoms with Crippen molar-refractivity contribution >= 4 is 28.3 Å². The van der Waals surface area contributed by atoms with E-state index >= 15 is 0 Å². The molecule has 0 spiro atoms. The van der Waals surface area contributed by atoms with Gasteiger partial charge in [-0.3, -0.25) is 0 Å². The molecule has 1 aliphatic rings. The summed E-state index contributed by atoms with van der Waals surface area (Å²) >= 11 is 0. The van der Waals surface area contributed by atoms with E-state index in [-0.39, 0.29) is 42.4 Å². The van der Waals surface area contributed by atoms with Gasteiger partial charge in [0.05, 0.1) is 11.7 Å². The van der Waals surface area contributed by atoms with Gasteiger partial charge in [-0.05, 0) is 62.8 Å². The van der Waals surface area contributed by atoms with Gasteiger partial charge in [-0.1, -0.05) is 6.07 Å². The molecule has 0 bridgehead atoms. The van der Waals surface area contributed by atoms with Gasteiger partial charge in [0, 0.05) is 29.4 Å². The molecule has 0 aliphatic carbocycles. The van der Waals surface area contributed by atoms with E-state index in [9.17, 15) is 0 Å². The molecule has 2 heterocycles. The fourth-order valence-electron chi connectivity index (χ4n) is 2.88. The van der Waals surface area contributed by atoms with E-state index in [2.05, 4.69) is 23.3 Å². The van der Waals surface area contributed by atoms with Crippen molar-refractivity contribution in [3.8, 4) is 0 Å². The van der Waals surface area contributed by atoms with Gasteiger partial charge in [-0.15, -0.1) is 0 Å². The van der Waals surface area contributed by atoms with E-state index in [4.69, 9.17) is 10.5 Å². The summed E-state index contributed by atoms with van der Waals surface area (Å²) in [6.07, 6.45) is 8.87. The third-order valence-electron chi connectivity index (χ3n) is 4.01. The van der Waals surface area contributed by atoms with E-state index in [0.717, 1.165) is 38.8 Å². The number of hydrogen-bond acceptors (Lipinski definition) is 3. The standard InChI is InChI=1S/C16H23N3O.Al.Li.4H/c17-9-3-1-5-13-7-8-15-14(11-13)12-18-19(15)16-6-2-4-10-20-16;;;;;;/h7-8,11-12,16H,1-6,9-10,17H2;;;;;;/q;-1;+1;;;;. The molecule has 0 saturated carbocycles. The number of nitrogens with zero attached hydrogens (tertiary/aromatic N) is 2. The van der Waals surface area contributed by atoms with Crippen LogP contribution in [0.5, 0.6) is 0 Å². The summed E-state index contributed by atoms with van der Waals surface area (Å²) in [4.78, 5) is 0. The molecule has 4 nitrogen and oxygen atoms in total. The van der Waals surface area contributed by atoms with E-state index in [1.54, 1.807) is 0 Å². The number of benzene rings is 1.